The molecule has 1 aromatic heterocycles. The number of benzene rings is 1. The number of nitrogens with zero attached hydrogens (tertiary/aromatic N) is 4. The minimum Gasteiger partial charge on any atom is -0.496 e. The van der Waals surface area contributed by atoms with Gasteiger partial charge < -0.3 is 10.1 Å². The van der Waals surface area contributed by atoms with Crippen LogP contribution in [0.15, 0.2) is 30.6 Å². The van der Waals surface area contributed by atoms with Crippen molar-refractivity contribution >= 4 is 5.91 Å². The molecule has 0 spiro atoms. The molecule has 2 aromatic rings. The number of hydrogen-bond donors (Lipinski definition) is 1. The molecule has 2 aliphatic rings. The molecule has 4 rings (SSSR count). The van der Waals surface area contributed by atoms with Gasteiger partial charge in [-0.05, 0) is 24.8 Å². The number of rotatable bonds is 6. The summed E-state index contributed by atoms with van der Waals surface area (Å²) in [5, 5.41) is 7.43. The highest BCUT2D eigenvalue weighted by Crippen LogP contribution is 2.28. The molecular formula is C19H25N5O2. The van der Waals surface area contributed by atoms with Crippen LogP contribution in [0.1, 0.15) is 24.2 Å². The topological polar surface area (TPSA) is 72.3 Å². The Hall–Kier alpha value is -2.41. The van der Waals surface area contributed by atoms with Crippen molar-refractivity contribution < 1.29 is 9.53 Å². The molecule has 1 saturated carbocycles. The van der Waals surface area contributed by atoms with Crippen molar-refractivity contribution in [2.45, 2.75) is 32.5 Å². The fraction of sp³-hybridized carbons (Fsp3) is 0.526. The fourth-order valence-electron chi connectivity index (χ4n) is 3.48. The molecule has 0 radical (unpaired) electrons. The molecule has 1 N–H and O–H groups in total. The second kappa shape index (κ2) is 7.45. The zero-order valence-electron chi connectivity index (χ0n) is 15.1. The van der Waals surface area contributed by atoms with E-state index in [1.54, 1.807) is 13.4 Å². The average molecular weight is 355 g/mol. The first-order valence-electron chi connectivity index (χ1n) is 9.21. The molecule has 7 heteroatoms. The maximum Gasteiger partial charge on any atom is 0.226 e. The first-order valence-corrected chi connectivity index (χ1v) is 9.21. The van der Waals surface area contributed by atoms with E-state index in [1.165, 1.54) is 12.8 Å². The van der Waals surface area contributed by atoms with Gasteiger partial charge >= 0.3 is 0 Å². The molecule has 1 aliphatic heterocycles. The van der Waals surface area contributed by atoms with E-state index < -0.39 is 0 Å². The Bertz CT molecular complexity index is 771. The van der Waals surface area contributed by atoms with Gasteiger partial charge in [-0.1, -0.05) is 18.2 Å². The van der Waals surface area contributed by atoms with E-state index in [4.69, 9.17) is 4.74 Å². The summed E-state index contributed by atoms with van der Waals surface area (Å²) in [7, 11) is 1.69. The van der Waals surface area contributed by atoms with Gasteiger partial charge in [-0.25, -0.2) is 9.67 Å². The van der Waals surface area contributed by atoms with Crippen LogP contribution >= 0.6 is 0 Å². The third-order valence-corrected chi connectivity index (χ3v) is 5.15. The predicted octanol–water partition coefficient (Wildman–Crippen LogP) is 1.44. The van der Waals surface area contributed by atoms with Crippen molar-refractivity contribution in [1.29, 1.82) is 0 Å². The van der Waals surface area contributed by atoms with E-state index in [-0.39, 0.29) is 11.8 Å². The average Bonchev–Trinajstić information content (AvgIpc) is 3.42. The van der Waals surface area contributed by atoms with Gasteiger partial charge in [-0.15, -0.1) is 0 Å². The number of methoxy groups -OCH3 is 1. The largest absolute Gasteiger partial charge is 0.496 e. The van der Waals surface area contributed by atoms with Gasteiger partial charge in [-0.2, -0.15) is 5.10 Å². The molecular weight excluding hydrogens is 330 g/mol. The highest BCUT2D eigenvalue weighted by molar-refractivity contribution is 5.78. The van der Waals surface area contributed by atoms with Crippen LogP contribution < -0.4 is 10.1 Å². The third-order valence-electron chi connectivity index (χ3n) is 5.15. The minimum atomic E-state index is -0.133. The Balaban J connectivity index is 1.51. The van der Waals surface area contributed by atoms with E-state index in [9.17, 15) is 4.79 Å². The second-order valence-corrected chi connectivity index (χ2v) is 7.23. The number of amides is 1. The van der Waals surface area contributed by atoms with Gasteiger partial charge in [-0.3, -0.25) is 9.69 Å². The van der Waals surface area contributed by atoms with Crippen LogP contribution in [0.3, 0.4) is 0 Å². The summed E-state index contributed by atoms with van der Waals surface area (Å²) in [4.78, 5) is 19.3. The van der Waals surface area contributed by atoms with E-state index >= 15 is 0 Å². The quantitative estimate of drug-likeness (QED) is 0.849. The molecule has 1 atom stereocenters. The number of aromatic nitrogens is 3. The Morgan fingerprint density at radius 3 is 2.96 bits per heavy atom. The lowest BCUT2D eigenvalue weighted by atomic mass is 10.1. The smallest absolute Gasteiger partial charge is 0.226 e. The number of nitrogens with one attached hydrogen (secondary N) is 1. The molecule has 138 valence electrons. The molecule has 7 nitrogen and oxygen atoms in total. The van der Waals surface area contributed by atoms with Crippen LogP contribution in [-0.4, -0.2) is 45.8 Å². The summed E-state index contributed by atoms with van der Waals surface area (Å²) in [6, 6.07) is 8.01. The molecule has 2 heterocycles. The Morgan fingerprint density at radius 1 is 1.31 bits per heavy atom. The summed E-state index contributed by atoms with van der Waals surface area (Å²) in [6.45, 7) is 3.44. The van der Waals surface area contributed by atoms with Crippen molar-refractivity contribution in [3.05, 3.63) is 42.0 Å². The van der Waals surface area contributed by atoms with Crippen LogP contribution in [0, 0.1) is 11.8 Å². The molecule has 0 unspecified atom stereocenters. The van der Waals surface area contributed by atoms with Crippen molar-refractivity contribution in [1.82, 2.24) is 25.0 Å². The summed E-state index contributed by atoms with van der Waals surface area (Å²) in [5.74, 6) is 2.43. The van der Waals surface area contributed by atoms with Crippen LogP contribution in [0.2, 0.25) is 0 Å². The van der Waals surface area contributed by atoms with E-state index in [0.29, 0.717) is 32.1 Å². The van der Waals surface area contributed by atoms with E-state index in [0.717, 1.165) is 23.7 Å². The number of carbonyl (C=O) groups is 1. The highest BCUT2D eigenvalue weighted by atomic mass is 16.5. The number of fused-ring (bicyclic) bond motifs is 1. The van der Waals surface area contributed by atoms with Gasteiger partial charge in [0.15, 0.2) is 0 Å². The van der Waals surface area contributed by atoms with Crippen LogP contribution in [0.25, 0.3) is 0 Å². The Kier molecular flexibility index (Phi) is 4.88. The Labute approximate surface area is 153 Å². The SMILES string of the molecule is COc1ccccc1CN1Cc2ncnn2C[C@@H](C(=O)NCC2CC2)C1. The number of hydrogen-bond acceptors (Lipinski definition) is 5. The maximum absolute atomic E-state index is 12.7. The van der Waals surface area contributed by atoms with Gasteiger partial charge in [0.25, 0.3) is 0 Å². The zero-order valence-corrected chi connectivity index (χ0v) is 15.1. The summed E-state index contributed by atoms with van der Waals surface area (Å²) >= 11 is 0. The lowest BCUT2D eigenvalue weighted by Gasteiger charge is -2.24. The molecule has 0 bridgehead atoms. The molecule has 1 fully saturated rings. The summed E-state index contributed by atoms with van der Waals surface area (Å²) < 4.78 is 7.34. The number of ether oxygens (including phenoxy) is 1. The fourth-order valence-corrected chi connectivity index (χ4v) is 3.48. The zero-order chi connectivity index (χ0) is 17.9. The van der Waals surface area contributed by atoms with Crippen LogP contribution in [0.4, 0.5) is 0 Å². The maximum atomic E-state index is 12.7. The minimum absolute atomic E-state index is 0.116. The standard InChI is InChI=1S/C19H25N5O2/c1-26-17-5-3-2-4-15(17)9-23-10-16(19(25)20-8-14-6-7-14)11-24-18(12-23)21-13-22-24/h2-5,13-14,16H,6-12H2,1H3,(H,20,25)/t16-/m0/s1. The Morgan fingerprint density at radius 2 is 2.15 bits per heavy atom. The summed E-state index contributed by atoms with van der Waals surface area (Å²) in [5.41, 5.74) is 1.11. The van der Waals surface area contributed by atoms with E-state index in [1.807, 2.05) is 22.9 Å². The normalized spacial score (nSPS) is 20.3. The second-order valence-electron chi connectivity index (χ2n) is 7.23. The molecule has 1 amide bonds. The summed E-state index contributed by atoms with van der Waals surface area (Å²) in [6.07, 6.45) is 4.04. The monoisotopic (exact) mass is 355 g/mol. The van der Waals surface area contributed by atoms with Gasteiger partial charge in [0.05, 0.1) is 26.1 Å². The first-order chi connectivity index (χ1) is 12.7. The number of carbonyl (C=O) groups excluding carboxylic acids is 1. The predicted molar refractivity (Wildman–Crippen MR) is 96.4 cm³/mol. The van der Waals surface area contributed by atoms with Gasteiger partial charge in [0, 0.05) is 25.2 Å². The highest BCUT2D eigenvalue weighted by Gasteiger charge is 2.30. The van der Waals surface area contributed by atoms with E-state index in [2.05, 4.69) is 26.4 Å². The number of para-hydroxylation sites is 1. The van der Waals surface area contributed by atoms with Crippen molar-refractivity contribution in [2.24, 2.45) is 11.8 Å². The van der Waals surface area contributed by atoms with Crippen molar-refractivity contribution in [3.63, 3.8) is 0 Å². The molecule has 1 aliphatic carbocycles. The van der Waals surface area contributed by atoms with Crippen LogP contribution in [0.5, 0.6) is 5.75 Å². The third kappa shape index (κ3) is 3.88. The van der Waals surface area contributed by atoms with Gasteiger partial charge in [0.1, 0.15) is 17.9 Å². The first kappa shape index (κ1) is 17.0. The van der Waals surface area contributed by atoms with Crippen molar-refractivity contribution in [2.75, 3.05) is 20.2 Å². The molecule has 0 saturated heterocycles. The van der Waals surface area contributed by atoms with Crippen molar-refractivity contribution in [3.8, 4) is 5.75 Å². The molecule has 1 aromatic carbocycles. The molecule has 26 heavy (non-hydrogen) atoms. The lowest BCUT2D eigenvalue weighted by molar-refractivity contribution is -0.126. The van der Waals surface area contributed by atoms with Gasteiger partial charge in [0.2, 0.25) is 5.91 Å². The lowest BCUT2D eigenvalue weighted by Crippen LogP contribution is -2.39. The van der Waals surface area contributed by atoms with Crippen LogP contribution in [-0.2, 0) is 24.4 Å².